The highest BCUT2D eigenvalue weighted by Gasteiger charge is 2.26. The summed E-state index contributed by atoms with van der Waals surface area (Å²) in [6.07, 6.45) is 8.51. The fraction of sp³-hybridized carbons (Fsp3) is 0.800. The fourth-order valence-corrected chi connectivity index (χ4v) is 1.90. The molecule has 0 spiro atoms. The summed E-state index contributed by atoms with van der Waals surface area (Å²) in [5.41, 5.74) is 0. The molecule has 3 rings (SSSR count). The molecule has 2 fully saturated rings. The Labute approximate surface area is 83.7 Å². The van der Waals surface area contributed by atoms with Crippen molar-refractivity contribution in [2.75, 3.05) is 0 Å². The van der Waals surface area contributed by atoms with Gasteiger partial charge in [0.1, 0.15) is 12.2 Å². The van der Waals surface area contributed by atoms with Crippen LogP contribution < -0.4 is 5.32 Å². The van der Waals surface area contributed by atoms with Crippen LogP contribution in [-0.4, -0.2) is 20.8 Å². The molecule has 0 bridgehead atoms. The maximum atomic E-state index is 4.16. The van der Waals surface area contributed by atoms with E-state index in [1.807, 2.05) is 6.33 Å². The van der Waals surface area contributed by atoms with Crippen LogP contribution in [0.25, 0.3) is 0 Å². The zero-order chi connectivity index (χ0) is 9.38. The zero-order valence-electron chi connectivity index (χ0n) is 8.32. The minimum absolute atomic E-state index is 0.697. The molecule has 1 aromatic rings. The van der Waals surface area contributed by atoms with E-state index in [0.29, 0.717) is 6.04 Å². The molecule has 14 heavy (non-hydrogen) atoms. The largest absolute Gasteiger partial charge is 0.313 e. The van der Waals surface area contributed by atoms with Crippen molar-refractivity contribution in [2.24, 2.45) is 0 Å². The summed E-state index contributed by atoms with van der Waals surface area (Å²) >= 11 is 0. The Morgan fingerprint density at radius 3 is 2.86 bits per heavy atom. The number of nitrogens with zero attached hydrogens (tertiary/aromatic N) is 3. The van der Waals surface area contributed by atoms with Crippen LogP contribution in [0, 0.1) is 0 Å². The highest BCUT2D eigenvalue weighted by molar-refractivity contribution is 4.95. The predicted molar refractivity (Wildman–Crippen MR) is 52.8 cm³/mol. The van der Waals surface area contributed by atoms with Crippen molar-refractivity contribution in [3.63, 3.8) is 0 Å². The monoisotopic (exact) mass is 192 g/mol. The molecule has 2 aliphatic rings. The van der Waals surface area contributed by atoms with E-state index >= 15 is 0 Å². The van der Waals surface area contributed by atoms with Crippen LogP contribution in [0.1, 0.15) is 44.0 Å². The van der Waals surface area contributed by atoms with Crippen LogP contribution in [0.3, 0.4) is 0 Å². The minimum Gasteiger partial charge on any atom is -0.313 e. The molecular weight excluding hydrogens is 176 g/mol. The number of hydrogen-bond acceptors (Lipinski definition) is 3. The quantitative estimate of drug-likeness (QED) is 0.780. The van der Waals surface area contributed by atoms with E-state index in [1.54, 1.807) is 0 Å². The standard InChI is InChI=1S/C10H16N4/c1-2-8(3-1)11-6-10-13-12-7-14(10)9-4-5-9/h7-9,11H,1-6H2. The highest BCUT2D eigenvalue weighted by atomic mass is 15.3. The van der Waals surface area contributed by atoms with Crippen LogP contribution in [-0.2, 0) is 6.54 Å². The summed E-state index contributed by atoms with van der Waals surface area (Å²) in [7, 11) is 0. The summed E-state index contributed by atoms with van der Waals surface area (Å²) in [6, 6.07) is 1.43. The Hall–Kier alpha value is -0.900. The van der Waals surface area contributed by atoms with E-state index < -0.39 is 0 Å². The van der Waals surface area contributed by atoms with Crippen molar-refractivity contribution >= 4 is 0 Å². The highest BCUT2D eigenvalue weighted by Crippen LogP contribution is 2.35. The van der Waals surface area contributed by atoms with Crippen LogP contribution in [0.4, 0.5) is 0 Å². The molecule has 0 saturated heterocycles. The van der Waals surface area contributed by atoms with E-state index in [2.05, 4.69) is 20.1 Å². The van der Waals surface area contributed by atoms with Crippen molar-refractivity contribution in [1.82, 2.24) is 20.1 Å². The van der Waals surface area contributed by atoms with E-state index in [0.717, 1.165) is 18.4 Å². The smallest absolute Gasteiger partial charge is 0.147 e. The Morgan fingerprint density at radius 1 is 1.36 bits per heavy atom. The zero-order valence-corrected chi connectivity index (χ0v) is 8.32. The van der Waals surface area contributed by atoms with Gasteiger partial charge in [-0.2, -0.15) is 0 Å². The van der Waals surface area contributed by atoms with Crippen LogP contribution in [0.5, 0.6) is 0 Å². The lowest BCUT2D eigenvalue weighted by Gasteiger charge is -2.26. The lowest BCUT2D eigenvalue weighted by atomic mass is 9.93. The second kappa shape index (κ2) is 3.35. The Morgan fingerprint density at radius 2 is 2.21 bits per heavy atom. The van der Waals surface area contributed by atoms with Crippen molar-refractivity contribution in [2.45, 2.75) is 50.7 Å². The Balaban J connectivity index is 1.60. The number of nitrogens with one attached hydrogen (secondary N) is 1. The minimum atomic E-state index is 0.697. The van der Waals surface area contributed by atoms with Gasteiger partial charge in [-0.1, -0.05) is 6.42 Å². The van der Waals surface area contributed by atoms with Gasteiger partial charge in [0.05, 0.1) is 6.54 Å². The van der Waals surface area contributed by atoms with Gasteiger partial charge in [-0.05, 0) is 25.7 Å². The number of rotatable bonds is 4. The third-order valence-corrected chi connectivity index (χ3v) is 3.24. The van der Waals surface area contributed by atoms with E-state index in [9.17, 15) is 0 Å². The average Bonchev–Trinajstić information content (AvgIpc) is 2.85. The van der Waals surface area contributed by atoms with Gasteiger partial charge in [0.15, 0.2) is 0 Å². The van der Waals surface area contributed by atoms with Crippen LogP contribution in [0.15, 0.2) is 6.33 Å². The number of aromatic nitrogens is 3. The van der Waals surface area contributed by atoms with Gasteiger partial charge in [-0.3, -0.25) is 0 Å². The molecule has 1 aromatic heterocycles. The second-order valence-electron chi connectivity index (χ2n) is 4.39. The summed E-state index contributed by atoms with van der Waals surface area (Å²) < 4.78 is 2.23. The lowest BCUT2D eigenvalue weighted by molar-refractivity contribution is 0.333. The SMILES string of the molecule is c1nnc(CNC2CCC2)n1C1CC1. The third-order valence-electron chi connectivity index (χ3n) is 3.24. The topological polar surface area (TPSA) is 42.7 Å². The molecule has 0 atom stereocenters. The molecule has 2 saturated carbocycles. The summed E-state index contributed by atoms with van der Waals surface area (Å²) in [4.78, 5) is 0. The molecule has 0 aliphatic heterocycles. The maximum absolute atomic E-state index is 4.16. The first-order valence-corrected chi connectivity index (χ1v) is 5.55. The number of hydrogen-bond donors (Lipinski definition) is 1. The molecule has 0 unspecified atom stereocenters. The molecule has 1 heterocycles. The summed E-state index contributed by atoms with van der Waals surface area (Å²) in [6.45, 7) is 0.890. The van der Waals surface area contributed by atoms with Crippen molar-refractivity contribution in [3.05, 3.63) is 12.2 Å². The molecule has 0 aromatic carbocycles. The van der Waals surface area contributed by atoms with Gasteiger partial charge in [0, 0.05) is 12.1 Å². The molecule has 4 nitrogen and oxygen atoms in total. The third kappa shape index (κ3) is 1.54. The normalized spacial score (nSPS) is 22.3. The lowest BCUT2D eigenvalue weighted by Crippen LogP contribution is -2.35. The molecule has 1 N–H and O–H groups in total. The van der Waals surface area contributed by atoms with E-state index in [1.165, 1.54) is 32.1 Å². The molecule has 0 radical (unpaired) electrons. The maximum Gasteiger partial charge on any atom is 0.147 e. The van der Waals surface area contributed by atoms with Crippen molar-refractivity contribution in [1.29, 1.82) is 0 Å². The first kappa shape index (κ1) is 8.41. The van der Waals surface area contributed by atoms with Gasteiger partial charge < -0.3 is 9.88 Å². The second-order valence-corrected chi connectivity index (χ2v) is 4.39. The first-order chi connectivity index (χ1) is 6.93. The molecule has 76 valence electrons. The molecule has 2 aliphatic carbocycles. The van der Waals surface area contributed by atoms with Crippen molar-refractivity contribution < 1.29 is 0 Å². The van der Waals surface area contributed by atoms with E-state index in [4.69, 9.17) is 0 Å². The molecule has 4 heteroatoms. The van der Waals surface area contributed by atoms with E-state index in [-0.39, 0.29) is 0 Å². The van der Waals surface area contributed by atoms with Gasteiger partial charge in [0.2, 0.25) is 0 Å². The Kier molecular flexibility index (Phi) is 2.01. The van der Waals surface area contributed by atoms with Crippen LogP contribution in [0.2, 0.25) is 0 Å². The van der Waals surface area contributed by atoms with Gasteiger partial charge in [-0.25, -0.2) is 0 Å². The van der Waals surface area contributed by atoms with Crippen molar-refractivity contribution in [3.8, 4) is 0 Å². The summed E-state index contributed by atoms with van der Waals surface area (Å²) in [5, 5.41) is 11.7. The van der Waals surface area contributed by atoms with Gasteiger partial charge >= 0.3 is 0 Å². The van der Waals surface area contributed by atoms with Gasteiger partial charge in [0.25, 0.3) is 0 Å². The summed E-state index contributed by atoms with van der Waals surface area (Å²) in [5.74, 6) is 1.11. The first-order valence-electron chi connectivity index (χ1n) is 5.55. The van der Waals surface area contributed by atoms with Crippen LogP contribution >= 0.6 is 0 Å². The predicted octanol–water partition coefficient (Wildman–Crippen LogP) is 1.26. The van der Waals surface area contributed by atoms with Gasteiger partial charge in [-0.15, -0.1) is 10.2 Å². The Bertz CT molecular complexity index is 312. The average molecular weight is 192 g/mol. The fourth-order valence-electron chi connectivity index (χ4n) is 1.90. The molecular formula is C10H16N4. The molecule has 0 amide bonds.